The number of piperidine rings is 1. The number of amides is 1. The summed E-state index contributed by atoms with van der Waals surface area (Å²) in [7, 11) is -3.57. The van der Waals surface area contributed by atoms with Gasteiger partial charge in [-0.2, -0.15) is 4.31 Å². The van der Waals surface area contributed by atoms with E-state index in [1.54, 1.807) is 6.92 Å². The summed E-state index contributed by atoms with van der Waals surface area (Å²) in [5.74, 6) is -0.177. The van der Waals surface area contributed by atoms with Crippen molar-refractivity contribution in [3.8, 4) is 0 Å². The number of sulfonamides is 1. The van der Waals surface area contributed by atoms with Gasteiger partial charge in [0.05, 0.1) is 9.82 Å². The summed E-state index contributed by atoms with van der Waals surface area (Å²) in [5, 5.41) is 13.7. The second-order valence-electron chi connectivity index (χ2n) is 7.35. The Morgan fingerprint density at radius 2 is 1.90 bits per heavy atom. The maximum Gasteiger partial charge on any atom is 0.273 e. The van der Waals surface area contributed by atoms with Gasteiger partial charge in [-0.25, -0.2) is 8.42 Å². The highest BCUT2D eigenvalue weighted by Gasteiger charge is 2.28. The van der Waals surface area contributed by atoms with E-state index in [4.69, 9.17) is 0 Å². The number of nitrogens with zero attached hydrogens (tertiary/aromatic N) is 2. The number of nitrogens with one attached hydrogen (secondary N) is 1. The Kier molecular flexibility index (Phi) is 5.99. The maximum atomic E-state index is 12.8. The smallest absolute Gasteiger partial charge is 0.273 e. The zero-order valence-electron chi connectivity index (χ0n) is 16.3. The number of hydrogen-bond acceptors (Lipinski definition) is 5. The molecule has 1 heterocycles. The first-order chi connectivity index (χ1) is 13.7. The van der Waals surface area contributed by atoms with Crippen LogP contribution in [0.25, 0.3) is 0 Å². The Bertz CT molecular complexity index is 1030. The van der Waals surface area contributed by atoms with E-state index in [1.807, 2.05) is 6.92 Å². The predicted octanol–water partition coefficient (Wildman–Crippen LogP) is 3.58. The van der Waals surface area contributed by atoms with Crippen molar-refractivity contribution in [1.29, 1.82) is 0 Å². The summed E-state index contributed by atoms with van der Waals surface area (Å²) < 4.78 is 27.1. The van der Waals surface area contributed by atoms with Gasteiger partial charge in [0.1, 0.15) is 0 Å². The molecule has 2 aromatic rings. The van der Waals surface area contributed by atoms with Crippen LogP contribution >= 0.6 is 0 Å². The quantitative estimate of drug-likeness (QED) is 0.591. The minimum absolute atomic E-state index is 0.130. The molecule has 1 fully saturated rings. The van der Waals surface area contributed by atoms with Gasteiger partial charge in [0.25, 0.3) is 11.6 Å². The maximum absolute atomic E-state index is 12.8. The molecular weight excluding hydrogens is 394 g/mol. The molecule has 1 unspecified atom stereocenters. The molecule has 0 aromatic heterocycles. The Balaban J connectivity index is 1.74. The fourth-order valence-electron chi connectivity index (χ4n) is 3.37. The zero-order chi connectivity index (χ0) is 21.2. The summed E-state index contributed by atoms with van der Waals surface area (Å²) in [6.07, 6.45) is 1.87. The predicted molar refractivity (Wildman–Crippen MR) is 109 cm³/mol. The number of nitro groups is 1. The highest BCUT2D eigenvalue weighted by Crippen LogP contribution is 2.25. The SMILES string of the molecule is Cc1ccc(C(=O)Nc2ccc(S(=O)(=O)N3CCCC(C)C3)cc2)cc1[N+](=O)[O-]. The van der Waals surface area contributed by atoms with Gasteiger partial charge in [-0.1, -0.05) is 13.0 Å². The normalized spacial score (nSPS) is 17.7. The fraction of sp³-hybridized carbons (Fsp3) is 0.350. The third-order valence-corrected chi connectivity index (χ3v) is 6.92. The van der Waals surface area contributed by atoms with Gasteiger partial charge in [-0.05, 0) is 56.0 Å². The average molecular weight is 417 g/mol. The van der Waals surface area contributed by atoms with Crippen LogP contribution in [0.1, 0.15) is 35.7 Å². The van der Waals surface area contributed by atoms with Crippen LogP contribution in [0.3, 0.4) is 0 Å². The molecule has 2 aromatic carbocycles. The van der Waals surface area contributed by atoms with Gasteiger partial charge in [0, 0.05) is 36.0 Å². The van der Waals surface area contributed by atoms with E-state index in [1.165, 1.54) is 46.8 Å². The summed E-state index contributed by atoms with van der Waals surface area (Å²) in [4.78, 5) is 23.1. The molecule has 1 amide bonds. The first-order valence-electron chi connectivity index (χ1n) is 9.35. The van der Waals surface area contributed by atoms with Crippen LogP contribution in [0.2, 0.25) is 0 Å². The standard InChI is InChI=1S/C20H23N3O5S/c1-14-4-3-11-22(13-14)29(27,28)18-9-7-17(8-10-18)21-20(24)16-6-5-15(2)19(12-16)23(25)26/h5-10,12,14H,3-4,11,13H2,1-2H3,(H,21,24). The number of nitro benzene ring substituents is 1. The number of aryl methyl sites for hydroxylation is 1. The molecule has 1 N–H and O–H groups in total. The van der Waals surface area contributed by atoms with Crippen molar-refractivity contribution in [3.05, 3.63) is 63.7 Å². The van der Waals surface area contributed by atoms with Crippen LogP contribution in [0, 0.1) is 23.0 Å². The van der Waals surface area contributed by atoms with Crippen LogP contribution in [-0.2, 0) is 10.0 Å². The highest BCUT2D eigenvalue weighted by atomic mass is 32.2. The summed E-state index contributed by atoms with van der Waals surface area (Å²) in [6, 6.07) is 10.2. The van der Waals surface area contributed by atoms with Crippen molar-refractivity contribution in [3.63, 3.8) is 0 Å². The fourth-order valence-corrected chi connectivity index (χ4v) is 4.97. The van der Waals surface area contributed by atoms with Gasteiger partial charge >= 0.3 is 0 Å². The van der Waals surface area contributed by atoms with Gasteiger partial charge < -0.3 is 5.32 Å². The monoisotopic (exact) mass is 417 g/mol. The molecule has 0 aliphatic carbocycles. The second kappa shape index (κ2) is 8.30. The number of anilines is 1. The number of rotatable bonds is 5. The van der Waals surface area contributed by atoms with E-state index >= 15 is 0 Å². The van der Waals surface area contributed by atoms with Crippen LogP contribution < -0.4 is 5.32 Å². The summed E-state index contributed by atoms with van der Waals surface area (Å²) in [5.41, 5.74) is 0.897. The Labute approximate surface area is 169 Å². The summed E-state index contributed by atoms with van der Waals surface area (Å²) >= 11 is 0. The van der Waals surface area contributed by atoms with Crippen LogP contribution in [0.4, 0.5) is 11.4 Å². The molecule has 0 spiro atoms. The van der Waals surface area contributed by atoms with Gasteiger partial charge in [-0.3, -0.25) is 14.9 Å². The lowest BCUT2D eigenvalue weighted by Crippen LogP contribution is -2.39. The van der Waals surface area contributed by atoms with Crippen molar-refractivity contribution in [2.45, 2.75) is 31.6 Å². The second-order valence-corrected chi connectivity index (χ2v) is 9.29. The van der Waals surface area contributed by atoms with E-state index in [2.05, 4.69) is 5.32 Å². The van der Waals surface area contributed by atoms with Crippen LogP contribution in [-0.4, -0.2) is 36.6 Å². The first kappa shape index (κ1) is 20.9. The molecule has 29 heavy (non-hydrogen) atoms. The van der Waals surface area contributed by atoms with Crippen molar-refractivity contribution < 1.29 is 18.1 Å². The van der Waals surface area contributed by atoms with Crippen molar-refractivity contribution in [1.82, 2.24) is 4.31 Å². The van der Waals surface area contributed by atoms with E-state index in [0.717, 1.165) is 12.8 Å². The lowest BCUT2D eigenvalue weighted by atomic mass is 10.0. The van der Waals surface area contributed by atoms with E-state index < -0.39 is 20.9 Å². The lowest BCUT2D eigenvalue weighted by Gasteiger charge is -2.30. The van der Waals surface area contributed by atoms with Gasteiger partial charge in [-0.15, -0.1) is 0 Å². The van der Waals surface area contributed by atoms with Gasteiger partial charge in [0.2, 0.25) is 10.0 Å². The molecule has 8 nitrogen and oxygen atoms in total. The molecule has 1 saturated heterocycles. The largest absolute Gasteiger partial charge is 0.322 e. The average Bonchev–Trinajstić information content (AvgIpc) is 2.68. The molecule has 154 valence electrons. The minimum atomic E-state index is -3.57. The molecule has 1 aliphatic heterocycles. The molecule has 0 bridgehead atoms. The van der Waals surface area contributed by atoms with E-state index in [0.29, 0.717) is 30.3 Å². The molecule has 0 radical (unpaired) electrons. The van der Waals surface area contributed by atoms with Crippen LogP contribution in [0.15, 0.2) is 47.4 Å². The van der Waals surface area contributed by atoms with E-state index in [9.17, 15) is 23.3 Å². The molecular formula is C20H23N3O5S. The number of hydrogen-bond donors (Lipinski definition) is 1. The van der Waals surface area contributed by atoms with Crippen molar-refractivity contribution in [2.75, 3.05) is 18.4 Å². The molecule has 3 rings (SSSR count). The molecule has 1 aliphatic rings. The number of benzene rings is 2. The molecule has 0 saturated carbocycles. The van der Waals surface area contributed by atoms with Crippen molar-refractivity contribution in [2.24, 2.45) is 5.92 Å². The number of carbonyl (C=O) groups is 1. The van der Waals surface area contributed by atoms with Gasteiger partial charge in [0.15, 0.2) is 0 Å². The topological polar surface area (TPSA) is 110 Å². The zero-order valence-corrected chi connectivity index (χ0v) is 17.1. The Morgan fingerprint density at radius 3 is 2.52 bits per heavy atom. The molecule has 9 heteroatoms. The third kappa shape index (κ3) is 4.63. The van der Waals surface area contributed by atoms with E-state index in [-0.39, 0.29) is 16.1 Å². The Hall–Kier alpha value is -2.78. The number of carbonyl (C=O) groups excluding carboxylic acids is 1. The lowest BCUT2D eigenvalue weighted by molar-refractivity contribution is -0.385. The van der Waals surface area contributed by atoms with Crippen molar-refractivity contribution >= 4 is 27.3 Å². The Morgan fingerprint density at radius 1 is 1.21 bits per heavy atom. The summed E-state index contributed by atoms with van der Waals surface area (Å²) in [6.45, 7) is 4.65. The first-order valence-corrected chi connectivity index (χ1v) is 10.8. The third-order valence-electron chi connectivity index (χ3n) is 5.04. The minimum Gasteiger partial charge on any atom is -0.322 e. The highest BCUT2D eigenvalue weighted by molar-refractivity contribution is 7.89. The van der Waals surface area contributed by atoms with Crippen LogP contribution in [0.5, 0.6) is 0 Å². The molecule has 1 atom stereocenters.